The third-order valence-electron chi connectivity index (χ3n) is 6.82. The summed E-state index contributed by atoms with van der Waals surface area (Å²) in [5.74, 6) is 3.67. The van der Waals surface area contributed by atoms with Crippen molar-refractivity contribution in [1.29, 1.82) is 0 Å². The maximum atomic E-state index is 5.71. The van der Waals surface area contributed by atoms with Crippen LogP contribution >= 0.6 is 0 Å². The van der Waals surface area contributed by atoms with E-state index >= 15 is 0 Å². The monoisotopic (exact) mass is 394 g/mol. The molecular formula is C20H26N8O. The van der Waals surface area contributed by atoms with E-state index in [2.05, 4.69) is 32.0 Å². The molecule has 29 heavy (non-hydrogen) atoms. The van der Waals surface area contributed by atoms with E-state index in [9.17, 15) is 0 Å². The zero-order valence-electron chi connectivity index (χ0n) is 16.6. The van der Waals surface area contributed by atoms with Crippen LogP contribution in [0.5, 0.6) is 0 Å². The van der Waals surface area contributed by atoms with Crippen LogP contribution in [0.3, 0.4) is 0 Å². The van der Waals surface area contributed by atoms with Gasteiger partial charge >= 0.3 is 0 Å². The largest absolute Gasteiger partial charge is 0.377 e. The van der Waals surface area contributed by atoms with Crippen molar-refractivity contribution >= 4 is 17.7 Å². The maximum Gasteiger partial charge on any atom is 0.228 e. The van der Waals surface area contributed by atoms with Crippen LogP contribution in [-0.4, -0.2) is 71.4 Å². The second kappa shape index (κ2) is 6.50. The van der Waals surface area contributed by atoms with Crippen LogP contribution in [0.25, 0.3) is 11.3 Å². The molecule has 2 aromatic heterocycles. The zero-order chi connectivity index (χ0) is 19.5. The minimum absolute atomic E-state index is 0.247. The quantitative estimate of drug-likeness (QED) is 0.761. The van der Waals surface area contributed by atoms with Crippen LogP contribution in [0.1, 0.15) is 12.5 Å². The second-order valence-electron chi connectivity index (χ2n) is 8.54. The molecule has 2 aromatic rings. The van der Waals surface area contributed by atoms with E-state index in [-0.39, 0.29) is 12.0 Å². The smallest absolute Gasteiger partial charge is 0.228 e. The number of rotatable bonds is 3. The van der Waals surface area contributed by atoms with E-state index in [1.165, 1.54) is 5.56 Å². The first-order valence-electron chi connectivity index (χ1n) is 10.5. The Kier molecular flexibility index (Phi) is 3.89. The average molecular weight is 394 g/mol. The molecule has 4 aliphatic rings. The Balaban J connectivity index is 1.44. The summed E-state index contributed by atoms with van der Waals surface area (Å²) in [5.41, 5.74) is 8.77. The summed E-state index contributed by atoms with van der Waals surface area (Å²) in [4.78, 5) is 23.3. The first-order valence-corrected chi connectivity index (χ1v) is 10.5. The van der Waals surface area contributed by atoms with Crippen molar-refractivity contribution in [2.75, 3.05) is 54.9 Å². The third-order valence-corrected chi connectivity index (χ3v) is 6.82. The number of fused-ring (bicyclic) bond motifs is 2. The van der Waals surface area contributed by atoms with Crippen molar-refractivity contribution in [3.05, 3.63) is 18.0 Å². The highest BCUT2D eigenvalue weighted by Crippen LogP contribution is 2.50. The molecule has 1 saturated carbocycles. The summed E-state index contributed by atoms with van der Waals surface area (Å²) < 4.78 is 5.63. The van der Waals surface area contributed by atoms with Gasteiger partial charge in [-0.05, 0) is 25.2 Å². The number of ether oxygens (including phenoxy) is 1. The number of anilines is 3. The molecule has 1 unspecified atom stereocenters. The van der Waals surface area contributed by atoms with Gasteiger partial charge in [0, 0.05) is 55.7 Å². The molecule has 0 aromatic carbocycles. The fourth-order valence-electron chi connectivity index (χ4n) is 5.26. The van der Waals surface area contributed by atoms with Crippen molar-refractivity contribution in [1.82, 2.24) is 25.3 Å². The highest BCUT2D eigenvalue weighted by molar-refractivity contribution is 5.73. The molecule has 0 radical (unpaired) electrons. The molecule has 6 rings (SSSR count). The van der Waals surface area contributed by atoms with E-state index < -0.39 is 0 Å². The van der Waals surface area contributed by atoms with E-state index in [4.69, 9.17) is 20.4 Å². The van der Waals surface area contributed by atoms with E-state index in [1.54, 1.807) is 12.4 Å². The third kappa shape index (κ3) is 2.75. The fourth-order valence-corrected chi connectivity index (χ4v) is 5.26. The summed E-state index contributed by atoms with van der Waals surface area (Å²) >= 11 is 0. The van der Waals surface area contributed by atoms with Gasteiger partial charge in [-0.1, -0.05) is 0 Å². The minimum Gasteiger partial charge on any atom is -0.377 e. The van der Waals surface area contributed by atoms with Crippen molar-refractivity contribution < 1.29 is 4.74 Å². The van der Waals surface area contributed by atoms with Crippen LogP contribution in [-0.2, 0) is 11.2 Å². The molecule has 2 saturated heterocycles. The van der Waals surface area contributed by atoms with Gasteiger partial charge in [-0.2, -0.15) is 4.98 Å². The van der Waals surface area contributed by atoms with Crippen LogP contribution in [0.4, 0.5) is 17.7 Å². The number of nitrogens with one attached hydrogen (secondary N) is 1. The molecular weight excluding hydrogens is 368 g/mol. The van der Waals surface area contributed by atoms with Crippen molar-refractivity contribution in [3.63, 3.8) is 0 Å². The molecule has 5 heterocycles. The molecule has 3 aliphatic heterocycles. The van der Waals surface area contributed by atoms with Gasteiger partial charge in [0.25, 0.3) is 0 Å². The van der Waals surface area contributed by atoms with E-state index in [0.29, 0.717) is 19.3 Å². The molecule has 0 spiro atoms. The van der Waals surface area contributed by atoms with Gasteiger partial charge in [0.05, 0.1) is 24.9 Å². The molecule has 9 heteroatoms. The Bertz CT molecular complexity index is 925. The molecule has 4 atom stereocenters. The Morgan fingerprint density at radius 1 is 1.10 bits per heavy atom. The first-order chi connectivity index (χ1) is 14.2. The lowest BCUT2D eigenvalue weighted by atomic mass is 10.1. The topological polar surface area (TPSA) is 105 Å². The Morgan fingerprint density at radius 3 is 2.66 bits per heavy atom. The highest BCUT2D eigenvalue weighted by atomic mass is 16.5. The number of nitrogens with two attached hydrogens (primary N) is 1. The summed E-state index contributed by atoms with van der Waals surface area (Å²) in [6.07, 6.45) is 4.50. The predicted octanol–water partition coefficient (Wildman–Crippen LogP) is 0.321. The summed E-state index contributed by atoms with van der Waals surface area (Å²) in [6.45, 7) is 7.62. The first kappa shape index (κ1) is 17.3. The van der Waals surface area contributed by atoms with Crippen LogP contribution in [0.2, 0.25) is 0 Å². The average Bonchev–Trinajstić information content (AvgIpc) is 3.09. The second-order valence-corrected chi connectivity index (χ2v) is 8.54. The van der Waals surface area contributed by atoms with Gasteiger partial charge in [0.1, 0.15) is 5.82 Å². The standard InChI is InChI=1S/C20H26N8O/c1-11-10-29-5-4-27(11)20-25-16(12-6-23-19(21)24-7-12)13-2-3-28(18(13)26-20)17-14-8-22-9-15(14)17/h6-7,11,14-15,17,22H,2-5,8-10H2,1H3,(H2,21,23,24)/t11-,14-,15+,17?/m0/s1. The SMILES string of the molecule is C[C@H]1COCCN1c1nc(-c2cnc(N)nc2)c2c(n1)N(C1[C@H]3CNC[C@@H]13)CC2. The van der Waals surface area contributed by atoms with Crippen molar-refractivity contribution in [2.24, 2.45) is 11.8 Å². The lowest BCUT2D eigenvalue weighted by Gasteiger charge is -2.34. The molecule has 0 amide bonds. The van der Waals surface area contributed by atoms with Gasteiger partial charge < -0.3 is 25.6 Å². The van der Waals surface area contributed by atoms with Crippen LogP contribution in [0.15, 0.2) is 12.4 Å². The molecule has 9 nitrogen and oxygen atoms in total. The summed E-state index contributed by atoms with van der Waals surface area (Å²) in [6, 6.07) is 0.856. The van der Waals surface area contributed by atoms with Crippen molar-refractivity contribution in [2.45, 2.75) is 25.4 Å². The fraction of sp³-hybridized carbons (Fsp3) is 0.600. The highest BCUT2D eigenvalue weighted by Gasteiger charge is 2.57. The number of nitrogen functional groups attached to an aromatic ring is 1. The minimum atomic E-state index is 0.247. The number of aromatic nitrogens is 4. The lowest BCUT2D eigenvalue weighted by Crippen LogP contribution is -2.44. The number of morpholine rings is 1. The number of nitrogens with zero attached hydrogens (tertiary/aromatic N) is 6. The van der Waals surface area contributed by atoms with Crippen molar-refractivity contribution in [3.8, 4) is 11.3 Å². The van der Waals surface area contributed by atoms with Crippen LogP contribution < -0.4 is 20.9 Å². The summed E-state index contributed by atoms with van der Waals surface area (Å²) in [7, 11) is 0. The van der Waals surface area contributed by atoms with Gasteiger partial charge in [-0.15, -0.1) is 0 Å². The number of piperidine rings is 1. The predicted molar refractivity (Wildman–Crippen MR) is 110 cm³/mol. The van der Waals surface area contributed by atoms with Crippen LogP contribution in [0, 0.1) is 11.8 Å². The molecule has 3 fully saturated rings. The Hall–Kier alpha value is -2.52. The Morgan fingerprint density at radius 2 is 1.90 bits per heavy atom. The van der Waals surface area contributed by atoms with Gasteiger partial charge in [0.15, 0.2) is 0 Å². The van der Waals surface area contributed by atoms with E-state index in [1.807, 2.05) is 0 Å². The molecule has 3 N–H and O–H groups in total. The van der Waals surface area contributed by atoms with Gasteiger partial charge in [0.2, 0.25) is 11.9 Å². The van der Waals surface area contributed by atoms with E-state index in [0.717, 1.165) is 67.5 Å². The normalized spacial score (nSPS) is 30.4. The van der Waals surface area contributed by atoms with Gasteiger partial charge in [-0.25, -0.2) is 15.0 Å². The number of hydrogen-bond acceptors (Lipinski definition) is 9. The molecule has 152 valence electrons. The summed E-state index contributed by atoms with van der Waals surface area (Å²) in [5, 5.41) is 3.50. The molecule has 0 bridgehead atoms. The maximum absolute atomic E-state index is 5.71. The number of hydrogen-bond donors (Lipinski definition) is 2. The Labute approximate surface area is 169 Å². The molecule has 1 aliphatic carbocycles. The van der Waals surface area contributed by atoms with Gasteiger partial charge in [-0.3, -0.25) is 0 Å². The lowest BCUT2D eigenvalue weighted by molar-refractivity contribution is 0.0981. The zero-order valence-corrected chi connectivity index (χ0v) is 16.6.